The van der Waals surface area contributed by atoms with Crippen LogP contribution in [0.5, 0.6) is 0 Å². The summed E-state index contributed by atoms with van der Waals surface area (Å²) in [6, 6.07) is 0. The van der Waals surface area contributed by atoms with Crippen molar-refractivity contribution in [1.82, 2.24) is 0 Å². The van der Waals surface area contributed by atoms with Gasteiger partial charge in [-0.2, -0.15) is 0 Å². The average molecular weight is 479 g/mol. The molecule has 0 bridgehead atoms. The van der Waals surface area contributed by atoms with E-state index in [0.717, 1.165) is 25.7 Å². The van der Waals surface area contributed by atoms with E-state index in [1.54, 1.807) is 6.92 Å². The maximum absolute atomic E-state index is 14.7. The maximum atomic E-state index is 14.7. The molecule has 5 heteroatoms. The molecule has 4 nitrogen and oxygen atoms in total. The number of hydrogen-bond acceptors (Lipinski definition) is 4. The van der Waals surface area contributed by atoms with E-state index in [9.17, 15) is 14.0 Å². The van der Waals surface area contributed by atoms with Gasteiger partial charge in [0.25, 0.3) is 0 Å². The summed E-state index contributed by atoms with van der Waals surface area (Å²) < 4.78 is 25.8. The second-order valence-electron chi connectivity index (χ2n) is 12.7. The molecule has 0 amide bonds. The van der Waals surface area contributed by atoms with Gasteiger partial charge in [-0.15, -0.1) is 0 Å². The van der Waals surface area contributed by atoms with Gasteiger partial charge in [-0.05, 0) is 104 Å². The summed E-state index contributed by atoms with van der Waals surface area (Å²) in [5, 5.41) is 0. The van der Waals surface area contributed by atoms with E-state index in [1.165, 1.54) is 26.4 Å². The Kier molecular flexibility index (Phi) is 7.43. The fourth-order valence-corrected chi connectivity index (χ4v) is 9.88. The van der Waals surface area contributed by atoms with Gasteiger partial charge in [-0.25, -0.2) is 4.39 Å². The number of rotatable bonds is 6. The van der Waals surface area contributed by atoms with Gasteiger partial charge in [-0.1, -0.05) is 27.7 Å². The Bertz CT molecular complexity index is 769. The van der Waals surface area contributed by atoms with Gasteiger partial charge in [0.05, 0.1) is 7.11 Å². The van der Waals surface area contributed by atoms with Crippen LogP contribution >= 0.6 is 0 Å². The highest BCUT2D eigenvalue weighted by molar-refractivity contribution is 5.69. The monoisotopic (exact) mass is 478 g/mol. The smallest absolute Gasteiger partial charge is 0.305 e. The molecule has 4 aliphatic rings. The number of carbonyl (C=O) groups is 2. The van der Waals surface area contributed by atoms with Crippen LogP contribution in [0.2, 0.25) is 0 Å². The summed E-state index contributed by atoms with van der Waals surface area (Å²) in [5.41, 5.74) is 0.342. The summed E-state index contributed by atoms with van der Waals surface area (Å²) in [6.07, 6.45) is 8.46. The Labute approximate surface area is 206 Å². The number of alkyl halides is 1. The van der Waals surface area contributed by atoms with Gasteiger partial charge in [0.15, 0.2) is 0 Å². The molecule has 4 saturated carbocycles. The first-order valence-corrected chi connectivity index (χ1v) is 13.9. The SMILES string of the molecule is CC[C@H]1[C@@H](OC(C)=O)[C@@H]2[C@H](CC[C@]3(C)[C@@H]([C@H](C)CCC(=O)OC)CC[C@@H]23)[C@@]2(C)CC[C@H](F)C[C@@H]12. The molecular weight excluding hydrogens is 431 g/mol. The molecule has 0 aromatic carbocycles. The van der Waals surface area contributed by atoms with Crippen molar-refractivity contribution >= 4 is 11.9 Å². The summed E-state index contributed by atoms with van der Waals surface area (Å²) in [5.74, 6) is 2.66. The van der Waals surface area contributed by atoms with Crippen molar-refractivity contribution in [1.29, 1.82) is 0 Å². The van der Waals surface area contributed by atoms with E-state index >= 15 is 0 Å². The predicted octanol–water partition coefficient (Wildman–Crippen LogP) is 6.75. The number of hydrogen-bond donors (Lipinski definition) is 0. The summed E-state index contributed by atoms with van der Waals surface area (Å²) in [7, 11) is 1.47. The minimum Gasteiger partial charge on any atom is -0.469 e. The molecule has 0 saturated heterocycles. The van der Waals surface area contributed by atoms with Crippen LogP contribution in [0.1, 0.15) is 98.8 Å². The Morgan fingerprint density at radius 1 is 1.03 bits per heavy atom. The first-order chi connectivity index (χ1) is 16.1. The maximum Gasteiger partial charge on any atom is 0.305 e. The van der Waals surface area contributed by atoms with Gasteiger partial charge in [0.2, 0.25) is 0 Å². The Hall–Kier alpha value is -1.13. The molecular formula is C29H47FO4. The molecule has 34 heavy (non-hydrogen) atoms. The lowest BCUT2D eigenvalue weighted by molar-refractivity contribution is -0.214. The number of halogens is 1. The molecule has 0 unspecified atom stereocenters. The Morgan fingerprint density at radius 3 is 2.35 bits per heavy atom. The molecule has 4 aliphatic carbocycles. The largest absolute Gasteiger partial charge is 0.469 e. The second-order valence-corrected chi connectivity index (χ2v) is 12.7. The highest BCUT2D eigenvalue weighted by Gasteiger charge is 2.66. The first kappa shape index (κ1) is 25.9. The predicted molar refractivity (Wildman–Crippen MR) is 131 cm³/mol. The van der Waals surface area contributed by atoms with E-state index in [4.69, 9.17) is 9.47 Å². The van der Waals surface area contributed by atoms with E-state index in [0.29, 0.717) is 54.8 Å². The number of methoxy groups -OCH3 is 1. The lowest BCUT2D eigenvalue weighted by atomic mass is 9.41. The van der Waals surface area contributed by atoms with E-state index in [1.807, 2.05) is 0 Å². The standard InChI is InChI=1S/C29H47FO4/c1-7-20-24-16-19(30)12-14-29(24,5)23-13-15-28(4)21(17(2)8-11-25(32)33-6)9-10-22(28)26(23)27(20)34-18(3)31/h17,19-24,26-27H,7-16H2,1-6H3/t17-,19+,20-,21-,22+,23+,24+,26+,27-,28-,29-/m1/s1. The minimum absolute atomic E-state index is 0.0929. The van der Waals surface area contributed by atoms with Crippen LogP contribution in [-0.4, -0.2) is 31.3 Å². The van der Waals surface area contributed by atoms with Crippen LogP contribution in [0.4, 0.5) is 4.39 Å². The highest BCUT2D eigenvalue weighted by Crippen LogP contribution is 2.70. The topological polar surface area (TPSA) is 52.6 Å². The van der Waals surface area contributed by atoms with Crippen molar-refractivity contribution in [2.75, 3.05) is 7.11 Å². The molecule has 0 N–H and O–H groups in total. The van der Waals surface area contributed by atoms with Gasteiger partial charge >= 0.3 is 11.9 Å². The van der Waals surface area contributed by atoms with Crippen molar-refractivity contribution in [2.24, 2.45) is 52.3 Å². The Balaban J connectivity index is 1.66. The average Bonchev–Trinajstić information content (AvgIpc) is 3.15. The Morgan fingerprint density at radius 2 is 1.71 bits per heavy atom. The first-order valence-electron chi connectivity index (χ1n) is 13.9. The quantitative estimate of drug-likeness (QED) is 0.396. The fraction of sp³-hybridized carbons (Fsp3) is 0.931. The normalized spacial score (nSPS) is 46.6. The van der Waals surface area contributed by atoms with Crippen LogP contribution in [0.25, 0.3) is 0 Å². The summed E-state index contributed by atoms with van der Waals surface area (Å²) in [6.45, 7) is 11.0. The highest BCUT2D eigenvalue weighted by atomic mass is 19.1. The van der Waals surface area contributed by atoms with Crippen molar-refractivity contribution in [3.63, 3.8) is 0 Å². The summed E-state index contributed by atoms with van der Waals surface area (Å²) in [4.78, 5) is 24.1. The molecule has 0 aromatic rings. The van der Waals surface area contributed by atoms with Gasteiger partial charge in [-0.3, -0.25) is 9.59 Å². The van der Waals surface area contributed by atoms with E-state index in [-0.39, 0.29) is 34.8 Å². The zero-order chi connectivity index (χ0) is 24.8. The molecule has 4 rings (SSSR count). The zero-order valence-corrected chi connectivity index (χ0v) is 22.3. The fourth-order valence-electron chi connectivity index (χ4n) is 9.88. The number of carbonyl (C=O) groups excluding carboxylic acids is 2. The lowest BCUT2D eigenvalue weighted by Gasteiger charge is -2.65. The molecule has 0 spiro atoms. The van der Waals surface area contributed by atoms with Crippen LogP contribution in [0, 0.1) is 52.3 Å². The third-order valence-corrected chi connectivity index (χ3v) is 11.4. The lowest BCUT2D eigenvalue weighted by Crippen LogP contribution is -2.62. The summed E-state index contributed by atoms with van der Waals surface area (Å²) >= 11 is 0. The molecule has 0 aliphatic heterocycles. The van der Waals surface area contributed by atoms with Crippen molar-refractivity contribution in [3.8, 4) is 0 Å². The van der Waals surface area contributed by atoms with E-state index in [2.05, 4.69) is 27.7 Å². The number of esters is 2. The molecule has 4 fully saturated rings. The van der Waals surface area contributed by atoms with E-state index < -0.39 is 6.17 Å². The van der Waals surface area contributed by atoms with Crippen LogP contribution < -0.4 is 0 Å². The van der Waals surface area contributed by atoms with Crippen molar-refractivity contribution < 1.29 is 23.5 Å². The molecule has 194 valence electrons. The van der Waals surface area contributed by atoms with Gasteiger partial charge in [0, 0.05) is 19.3 Å². The van der Waals surface area contributed by atoms with Crippen LogP contribution in [-0.2, 0) is 19.1 Å². The molecule has 0 aromatic heterocycles. The van der Waals surface area contributed by atoms with Crippen LogP contribution in [0.3, 0.4) is 0 Å². The van der Waals surface area contributed by atoms with Gasteiger partial charge in [0.1, 0.15) is 12.3 Å². The van der Waals surface area contributed by atoms with Crippen LogP contribution in [0.15, 0.2) is 0 Å². The van der Waals surface area contributed by atoms with Crippen molar-refractivity contribution in [3.05, 3.63) is 0 Å². The molecule has 11 atom stereocenters. The van der Waals surface area contributed by atoms with Crippen molar-refractivity contribution in [2.45, 2.75) is 111 Å². The molecule has 0 radical (unpaired) electrons. The number of ether oxygens (including phenoxy) is 2. The van der Waals surface area contributed by atoms with Gasteiger partial charge < -0.3 is 9.47 Å². The second kappa shape index (κ2) is 9.73. The molecule has 0 heterocycles. The minimum atomic E-state index is -0.720. The number of fused-ring (bicyclic) bond motifs is 5. The third kappa shape index (κ3) is 4.21. The zero-order valence-electron chi connectivity index (χ0n) is 22.3. The third-order valence-electron chi connectivity index (χ3n) is 11.4.